The highest BCUT2D eigenvalue weighted by molar-refractivity contribution is 9.10. The normalized spacial score (nSPS) is 12.9. The molecule has 108 valence electrons. The fourth-order valence-corrected chi connectivity index (χ4v) is 3.17. The lowest BCUT2D eigenvalue weighted by molar-refractivity contribution is 0.548. The Balaban J connectivity index is 2.63. The molecule has 0 amide bonds. The Kier molecular flexibility index (Phi) is 8.03. The van der Waals surface area contributed by atoms with Gasteiger partial charge in [0.15, 0.2) is 0 Å². The van der Waals surface area contributed by atoms with E-state index in [2.05, 4.69) is 42.0 Å². The fourth-order valence-electron chi connectivity index (χ4n) is 1.80. The van der Waals surface area contributed by atoms with Crippen molar-refractivity contribution in [2.45, 2.75) is 44.9 Å². The molecule has 1 N–H and O–H groups in total. The van der Waals surface area contributed by atoms with Gasteiger partial charge in [-0.1, -0.05) is 42.8 Å². The van der Waals surface area contributed by atoms with Crippen LogP contribution in [0.2, 0.25) is 0 Å². The summed E-state index contributed by atoms with van der Waals surface area (Å²) in [5, 5.41) is 4.22. The third kappa shape index (κ3) is 6.77. The van der Waals surface area contributed by atoms with Crippen molar-refractivity contribution in [1.29, 1.82) is 0 Å². The summed E-state index contributed by atoms with van der Waals surface area (Å²) in [5.74, 6) is 0.895. The molecule has 1 atom stereocenters. The van der Waals surface area contributed by atoms with Crippen molar-refractivity contribution in [2.75, 3.05) is 12.3 Å². The first kappa shape index (κ1) is 17.0. The summed E-state index contributed by atoms with van der Waals surface area (Å²) in [7, 11) is 0. The predicted octanol–water partition coefficient (Wildman–Crippen LogP) is 4.64. The summed E-state index contributed by atoms with van der Waals surface area (Å²) in [5.41, 5.74) is 1.17. The van der Waals surface area contributed by atoms with Crippen molar-refractivity contribution >= 4 is 27.7 Å². The molecule has 0 aromatic heterocycles. The zero-order valence-corrected chi connectivity index (χ0v) is 14.3. The van der Waals surface area contributed by atoms with Gasteiger partial charge >= 0.3 is 0 Å². The molecular formula is C15H23BrFNS. The minimum absolute atomic E-state index is 0.190. The van der Waals surface area contributed by atoms with E-state index in [1.54, 1.807) is 6.07 Å². The first-order chi connectivity index (χ1) is 9.02. The number of benzene rings is 1. The van der Waals surface area contributed by atoms with E-state index in [-0.39, 0.29) is 5.82 Å². The highest BCUT2D eigenvalue weighted by Crippen LogP contribution is 2.21. The third-order valence-corrected chi connectivity index (χ3v) is 4.79. The van der Waals surface area contributed by atoms with Gasteiger partial charge in [0.05, 0.1) is 0 Å². The van der Waals surface area contributed by atoms with Crippen molar-refractivity contribution in [3.05, 3.63) is 34.1 Å². The predicted molar refractivity (Wildman–Crippen MR) is 87.5 cm³/mol. The van der Waals surface area contributed by atoms with Crippen LogP contribution in [0.5, 0.6) is 0 Å². The molecule has 0 spiro atoms. The molecule has 0 fully saturated rings. The molecule has 1 aromatic carbocycles. The number of nitrogens with one attached hydrogen (secondary N) is 1. The van der Waals surface area contributed by atoms with Gasteiger partial charge < -0.3 is 5.32 Å². The van der Waals surface area contributed by atoms with Crippen LogP contribution in [-0.4, -0.2) is 23.6 Å². The molecule has 0 bridgehead atoms. The highest BCUT2D eigenvalue weighted by atomic mass is 79.9. The van der Waals surface area contributed by atoms with Crippen LogP contribution in [0.1, 0.15) is 32.8 Å². The SMILES string of the molecule is CCCNC(CSC(C)C)Cc1ccc(F)cc1Br. The Bertz CT molecular complexity index is 384. The molecule has 0 saturated heterocycles. The lowest BCUT2D eigenvalue weighted by atomic mass is 10.1. The third-order valence-electron chi connectivity index (χ3n) is 2.80. The molecule has 0 saturated carbocycles. The number of hydrogen-bond acceptors (Lipinski definition) is 2. The average molecular weight is 348 g/mol. The van der Waals surface area contributed by atoms with Gasteiger partial charge in [-0.3, -0.25) is 0 Å². The van der Waals surface area contributed by atoms with Gasteiger partial charge in [0, 0.05) is 16.3 Å². The van der Waals surface area contributed by atoms with Crippen LogP contribution in [0, 0.1) is 5.82 Å². The van der Waals surface area contributed by atoms with Gasteiger partial charge in [0.25, 0.3) is 0 Å². The quantitative estimate of drug-likeness (QED) is 0.734. The Morgan fingerprint density at radius 3 is 2.68 bits per heavy atom. The van der Waals surface area contributed by atoms with E-state index in [4.69, 9.17) is 0 Å². The van der Waals surface area contributed by atoms with Gasteiger partial charge in [-0.25, -0.2) is 4.39 Å². The van der Waals surface area contributed by atoms with Crippen LogP contribution in [0.3, 0.4) is 0 Å². The lowest BCUT2D eigenvalue weighted by Crippen LogP contribution is -2.34. The van der Waals surface area contributed by atoms with Gasteiger partial charge in [0.2, 0.25) is 0 Å². The van der Waals surface area contributed by atoms with Gasteiger partial charge in [0.1, 0.15) is 5.82 Å². The standard InChI is InChI=1S/C15H23BrFNS/c1-4-7-18-14(10-19-11(2)3)8-12-5-6-13(17)9-15(12)16/h5-6,9,11,14,18H,4,7-8,10H2,1-3H3. The molecule has 0 heterocycles. The zero-order chi connectivity index (χ0) is 14.3. The summed E-state index contributed by atoms with van der Waals surface area (Å²) >= 11 is 5.42. The van der Waals surface area contributed by atoms with Gasteiger partial charge in [-0.05, 0) is 42.3 Å². The molecule has 1 unspecified atom stereocenters. The largest absolute Gasteiger partial charge is 0.313 e. The van der Waals surface area contributed by atoms with Crippen molar-refractivity contribution in [1.82, 2.24) is 5.32 Å². The molecule has 0 aliphatic heterocycles. The smallest absolute Gasteiger partial charge is 0.124 e. The minimum atomic E-state index is -0.190. The van der Waals surface area contributed by atoms with Crippen molar-refractivity contribution in [2.24, 2.45) is 0 Å². The number of thioether (sulfide) groups is 1. The van der Waals surface area contributed by atoms with Crippen molar-refractivity contribution in [3.63, 3.8) is 0 Å². The summed E-state index contributed by atoms with van der Waals surface area (Å²) in [6.07, 6.45) is 2.06. The summed E-state index contributed by atoms with van der Waals surface area (Å²) in [6.45, 7) is 7.64. The zero-order valence-electron chi connectivity index (χ0n) is 11.9. The van der Waals surface area contributed by atoms with Crippen LogP contribution in [0.25, 0.3) is 0 Å². The van der Waals surface area contributed by atoms with E-state index in [1.165, 1.54) is 11.6 Å². The highest BCUT2D eigenvalue weighted by Gasteiger charge is 2.12. The summed E-state index contributed by atoms with van der Waals surface area (Å²) in [6, 6.07) is 5.39. The second kappa shape index (κ2) is 8.98. The topological polar surface area (TPSA) is 12.0 Å². The van der Waals surface area contributed by atoms with E-state index in [1.807, 2.05) is 17.8 Å². The molecule has 1 nitrogen and oxygen atoms in total. The van der Waals surface area contributed by atoms with E-state index in [9.17, 15) is 4.39 Å². The van der Waals surface area contributed by atoms with Crippen molar-refractivity contribution in [3.8, 4) is 0 Å². The van der Waals surface area contributed by atoms with Crippen LogP contribution < -0.4 is 5.32 Å². The Labute approximate surface area is 128 Å². The second-order valence-electron chi connectivity index (χ2n) is 4.97. The molecule has 0 aliphatic carbocycles. The Morgan fingerprint density at radius 2 is 2.11 bits per heavy atom. The fraction of sp³-hybridized carbons (Fsp3) is 0.600. The number of rotatable bonds is 8. The summed E-state index contributed by atoms with van der Waals surface area (Å²) < 4.78 is 14.0. The summed E-state index contributed by atoms with van der Waals surface area (Å²) in [4.78, 5) is 0. The first-order valence-electron chi connectivity index (χ1n) is 6.81. The molecule has 0 aliphatic rings. The second-order valence-corrected chi connectivity index (χ2v) is 7.44. The average Bonchev–Trinajstić information content (AvgIpc) is 2.35. The number of halogens is 2. The molecule has 1 rings (SSSR count). The Hall–Kier alpha value is -0.0600. The van der Waals surface area contributed by atoms with Crippen LogP contribution in [0.15, 0.2) is 22.7 Å². The van der Waals surface area contributed by atoms with Crippen molar-refractivity contribution < 1.29 is 4.39 Å². The molecule has 1 aromatic rings. The van der Waals surface area contributed by atoms with Crippen LogP contribution in [-0.2, 0) is 6.42 Å². The maximum absolute atomic E-state index is 13.1. The Morgan fingerprint density at radius 1 is 1.37 bits per heavy atom. The van der Waals surface area contributed by atoms with Crippen LogP contribution in [0.4, 0.5) is 4.39 Å². The minimum Gasteiger partial charge on any atom is -0.313 e. The van der Waals surface area contributed by atoms with E-state index in [0.717, 1.165) is 29.6 Å². The molecule has 0 radical (unpaired) electrons. The van der Waals surface area contributed by atoms with E-state index < -0.39 is 0 Å². The van der Waals surface area contributed by atoms with Crippen LogP contribution >= 0.6 is 27.7 Å². The lowest BCUT2D eigenvalue weighted by Gasteiger charge is -2.20. The number of hydrogen-bond donors (Lipinski definition) is 1. The first-order valence-corrected chi connectivity index (χ1v) is 8.66. The van der Waals surface area contributed by atoms with Gasteiger partial charge in [-0.2, -0.15) is 11.8 Å². The molecule has 19 heavy (non-hydrogen) atoms. The monoisotopic (exact) mass is 347 g/mol. The van der Waals surface area contributed by atoms with Gasteiger partial charge in [-0.15, -0.1) is 0 Å². The molecule has 4 heteroatoms. The maximum Gasteiger partial charge on any atom is 0.124 e. The molecular weight excluding hydrogens is 325 g/mol. The van der Waals surface area contributed by atoms with E-state index >= 15 is 0 Å². The van der Waals surface area contributed by atoms with E-state index in [0.29, 0.717) is 11.3 Å². The maximum atomic E-state index is 13.1.